The molecule has 0 radical (unpaired) electrons. The Hall–Kier alpha value is -4.71. The zero-order chi connectivity index (χ0) is 30.5. The maximum atomic E-state index is 13.7. The third-order valence-corrected chi connectivity index (χ3v) is 9.19. The van der Waals surface area contributed by atoms with Crippen molar-refractivity contribution in [1.82, 2.24) is 20.2 Å². The van der Waals surface area contributed by atoms with Crippen molar-refractivity contribution in [3.63, 3.8) is 0 Å². The highest BCUT2D eigenvalue weighted by atomic mass is 32.2. The summed E-state index contributed by atoms with van der Waals surface area (Å²) in [5.74, 6) is -0.991. The molecule has 1 aliphatic heterocycles. The van der Waals surface area contributed by atoms with Gasteiger partial charge in [0, 0.05) is 56.3 Å². The van der Waals surface area contributed by atoms with E-state index in [1.807, 2.05) is 6.07 Å². The van der Waals surface area contributed by atoms with Gasteiger partial charge in [-0.25, -0.2) is 12.8 Å². The van der Waals surface area contributed by atoms with Gasteiger partial charge in [-0.1, -0.05) is 0 Å². The monoisotopic (exact) mass is 603 g/mol. The molecule has 2 amide bonds. The number of halogens is 1. The predicted octanol–water partition coefficient (Wildman–Crippen LogP) is 4.89. The molecular formula is C31H30FN5O5S. The molecule has 1 atom stereocenters. The van der Waals surface area contributed by atoms with E-state index in [0.717, 1.165) is 11.8 Å². The fraction of sp³-hybridized carbons (Fsp3) is 0.258. The van der Waals surface area contributed by atoms with Gasteiger partial charge in [0.05, 0.1) is 28.5 Å². The van der Waals surface area contributed by atoms with Crippen LogP contribution >= 0.6 is 0 Å². The summed E-state index contributed by atoms with van der Waals surface area (Å²) in [6, 6.07) is 14.4. The van der Waals surface area contributed by atoms with Crippen LogP contribution in [0.25, 0.3) is 33.3 Å². The summed E-state index contributed by atoms with van der Waals surface area (Å²) in [4.78, 5) is 36.0. The van der Waals surface area contributed by atoms with Crippen LogP contribution < -0.4 is 9.62 Å². The quantitative estimate of drug-likeness (QED) is 0.284. The molecule has 1 fully saturated rings. The first kappa shape index (κ1) is 28.4. The number of benzene rings is 2. The highest BCUT2D eigenvalue weighted by Crippen LogP contribution is 2.42. The van der Waals surface area contributed by atoms with Crippen LogP contribution in [0, 0.1) is 5.82 Å². The Bertz CT molecular complexity index is 1950. The molecule has 3 aromatic heterocycles. The van der Waals surface area contributed by atoms with Crippen molar-refractivity contribution in [2.75, 3.05) is 37.7 Å². The number of nitrogens with zero attached hydrogens (tertiary/aromatic N) is 3. The molecule has 2 N–H and O–H groups in total. The molecule has 4 heterocycles. The van der Waals surface area contributed by atoms with E-state index in [1.54, 1.807) is 35.4 Å². The number of H-pyrrole nitrogens is 1. The Morgan fingerprint density at radius 3 is 2.63 bits per heavy atom. The van der Waals surface area contributed by atoms with Gasteiger partial charge >= 0.3 is 0 Å². The molecule has 2 aromatic carbocycles. The molecule has 1 aliphatic rings. The van der Waals surface area contributed by atoms with Crippen LogP contribution in [0.2, 0.25) is 0 Å². The summed E-state index contributed by atoms with van der Waals surface area (Å²) in [6.45, 7) is 0.886. The number of amides is 2. The highest BCUT2D eigenvalue weighted by Gasteiger charge is 2.32. The minimum Gasteiger partial charge on any atom is -0.455 e. The first-order valence-corrected chi connectivity index (χ1v) is 15.7. The molecule has 5 aromatic rings. The molecule has 0 spiro atoms. The van der Waals surface area contributed by atoms with Crippen LogP contribution in [-0.2, 0) is 10.0 Å². The molecule has 222 valence electrons. The van der Waals surface area contributed by atoms with Gasteiger partial charge in [0.1, 0.15) is 22.9 Å². The lowest BCUT2D eigenvalue weighted by molar-refractivity contribution is 0.0702. The Kier molecular flexibility index (Phi) is 7.17. The van der Waals surface area contributed by atoms with Crippen LogP contribution in [0.15, 0.2) is 65.2 Å². The number of sulfonamides is 1. The lowest BCUT2D eigenvalue weighted by Gasteiger charge is -2.34. The zero-order valence-electron chi connectivity index (χ0n) is 23.8. The number of rotatable bonds is 6. The number of nitrogens with one attached hydrogen (secondary N) is 2. The number of anilines is 1. The van der Waals surface area contributed by atoms with Crippen molar-refractivity contribution >= 4 is 49.5 Å². The van der Waals surface area contributed by atoms with E-state index >= 15 is 0 Å². The van der Waals surface area contributed by atoms with Gasteiger partial charge in [0.25, 0.3) is 11.8 Å². The van der Waals surface area contributed by atoms with Gasteiger partial charge in [-0.05, 0) is 66.9 Å². The molecular weight excluding hydrogens is 573 g/mol. The van der Waals surface area contributed by atoms with Crippen molar-refractivity contribution in [2.24, 2.45) is 0 Å². The van der Waals surface area contributed by atoms with Crippen molar-refractivity contribution in [1.29, 1.82) is 0 Å². The SMILES string of the molecule is CNC(=O)c1c(-c2ccc(F)cc2)oc2cc(N(C)S(C)(=O)=O)c([C@@H]3CCCN(C(=O)c4cc5ncccc5[nH]4)C3)cc12. The third kappa shape index (κ3) is 5.22. The third-order valence-electron chi connectivity index (χ3n) is 8.00. The number of likely N-dealkylation sites (tertiary alicyclic amines) is 1. The van der Waals surface area contributed by atoms with Crippen molar-refractivity contribution in [3.8, 4) is 11.3 Å². The van der Waals surface area contributed by atoms with Gasteiger partial charge in [-0.2, -0.15) is 0 Å². The van der Waals surface area contributed by atoms with Gasteiger partial charge < -0.3 is 19.6 Å². The van der Waals surface area contributed by atoms with Crippen molar-refractivity contribution in [3.05, 3.63) is 83.4 Å². The minimum atomic E-state index is -3.68. The van der Waals surface area contributed by atoms with Gasteiger partial charge in [-0.3, -0.25) is 18.9 Å². The fourth-order valence-corrected chi connectivity index (χ4v) is 6.25. The van der Waals surface area contributed by atoms with Crippen LogP contribution in [0.3, 0.4) is 0 Å². The second-order valence-electron chi connectivity index (χ2n) is 10.7. The second kappa shape index (κ2) is 10.8. The topological polar surface area (TPSA) is 129 Å². The van der Waals surface area contributed by atoms with E-state index in [2.05, 4.69) is 15.3 Å². The summed E-state index contributed by atoms with van der Waals surface area (Å²) in [5.41, 5.74) is 4.02. The maximum absolute atomic E-state index is 13.7. The molecule has 1 saturated heterocycles. The number of pyridine rings is 1. The normalized spacial score (nSPS) is 15.6. The molecule has 0 saturated carbocycles. The minimum absolute atomic E-state index is 0.172. The second-order valence-corrected chi connectivity index (χ2v) is 12.8. The Morgan fingerprint density at radius 1 is 1.16 bits per heavy atom. The van der Waals surface area contributed by atoms with Gasteiger partial charge in [0.15, 0.2) is 0 Å². The Balaban J connectivity index is 1.46. The molecule has 0 unspecified atom stereocenters. The van der Waals surface area contributed by atoms with Gasteiger partial charge in [0.2, 0.25) is 10.0 Å². The summed E-state index contributed by atoms with van der Waals surface area (Å²) >= 11 is 0. The fourth-order valence-electron chi connectivity index (χ4n) is 5.74. The van der Waals surface area contributed by atoms with Crippen LogP contribution in [0.1, 0.15) is 45.2 Å². The first-order valence-electron chi connectivity index (χ1n) is 13.8. The van der Waals surface area contributed by atoms with Crippen LogP contribution in [0.4, 0.5) is 10.1 Å². The smallest absolute Gasteiger partial charge is 0.270 e. The summed E-state index contributed by atoms with van der Waals surface area (Å²) < 4.78 is 46.5. The molecule has 12 heteroatoms. The Morgan fingerprint density at radius 2 is 1.93 bits per heavy atom. The number of aromatic amines is 1. The summed E-state index contributed by atoms with van der Waals surface area (Å²) in [6.07, 6.45) is 4.18. The van der Waals surface area contributed by atoms with E-state index in [9.17, 15) is 22.4 Å². The van der Waals surface area contributed by atoms with E-state index in [-0.39, 0.29) is 23.1 Å². The average Bonchev–Trinajstić information content (AvgIpc) is 3.61. The van der Waals surface area contributed by atoms with E-state index in [4.69, 9.17) is 4.42 Å². The summed E-state index contributed by atoms with van der Waals surface area (Å²) in [5, 5.41) is 3.14. The number of piperidine rings is 1. The van der Waals surface area contributed by atoms with E-state index < -0.39 is 21.7 Å². The Labute approximate surface area is 247 Å². The predicted molar refractivity (Wildman–Crippen MR) is 162 cm³/mol. The van der Waals surface area contributed by atoms with Gasteiger partial charge in [-0.15, -0.1) is 0 Å². The van der Waals surface area contributed by atoms with Crippen molar-refractivity contribution in [2.45, 2.75) is 18.8 Å². The summed E-state index contributed by atoms with van der Waals surface area (Å²) in [7, 11) is -0.705. The maximum Gasteiger partial charge on any atom is 0.270 e. The number of fused-ring (bicyclic) bond motifs is 2. The highest BCUT2D eigenvalue weighted by molar-refractivity contribution is 7.92. The number of furan rings is 1. The van der Waals surface area contributed by atoms with Crippen LogP contribution in [-0.4, -0.2) is 68.5 Å². The zero-order valence-corrected chi connectivity index (χ0v) is 24.7. The molecule has 0 bridgehead atoms. The largest absolute Gasteiger partial charge is 0.455 e. The molecule has 6 rings (SSSR count). The number of carbonyl (C=O) groups excluding carboxylic acids is 2. The van der Waals surface area contributed by atoms with Crippen molar-refractivity contribution < 1.29 is 26.8 Å². The lowest BCUT2D eigenvalue weighted by atomic mass is 9.88. The molecule has 43 heavy (non-hydrogen) atoms. The number of hydrogen-bond donors (Lipinski definition) is 2. The average molecular weight is 604 g/mol. The number of carbonyl (C=O) groups is 2. The standard InChI is InChI=1S/C31H30FN5O5S/c1-33-30(38)28-22-14-21(19-6-5-13-37(17-19)31(39)25-15-24-23(35-25)7-4-12-34-24)26(36(2)43(3,40)41)16-27(22)42-29(28)18-8-10-20(32)11-9-18/h4,7-12,14-16,19,35H,5-6,13,17H2,1-3H3,(H,33,38)/t19-/m1/s1. The van der Waals surface area contributed by atoms with E-state index in [1.165, 1.54) is 42.7 Å². The van der Waals surface area contributed by atoms with Crippen LogP contribution in [0.5, 0.6) is 0 Å². The number of aromatic nitrogens is 2. The number of hydrogen-bond acceptors (Lipinski definition) is 6. The lowest BCUT2D eigenvalue weighted by Crippen LogP contribution is -2.39. The first-order chi connectivity index (χ1) is 20.5. The molecule has 10 nitrogen and oxygen atoms in total. The van der Waals surface area contributed by atoms with E-state index in [0.29, 0.717) is 64.9 Å². The molecule has 0 aliphatic carbocycles.